The Kier molecular flexibility index (Phi) is 6.59. The maximum absolute atomic E-state index is 14.3. The van der Waals surface area contributed by atoms with Gasteiger partial charge in [-0.15, -0.1) is 0 Å². The van der Waals surface area contributed by atoms with Crippen LogP contribution in [-0.2, 0) is 10.4 Å². The van der Waals surface area contributed by atoms with Gasteiger partial charge in [0.2, 0.25) is 5.60 Å². The van der Waals surface area contributed by atoms with Crippen molar-refractivity contribution >= 4 is 52.1 Å². The molecule has 3 aromatic rings. The number of thioether (sulfide) groups is 1. The highest BCUT2D eigenvalue weighted by atomic mass is 35.5. The molecule has 0 saturated heterocycles. The van der Waals surface area contributed by atoms with Crippen LogP contribution in [0, 0.1) is 0 Å². The van der Waals surface area contributed by atoms with Crippen LogP contribution in [0.2, 0.25) is 10.0 Å². The Morgan fingerprint density at radius 2 is 1.94 bits per heavy atom. The summed E-state index contributed by atoms with van der Waals surface area (Å²) in [6.07, 6.45) is -0.269. The predicted molar refractivity (Wildman–Crippen MR) is 125 cm³/mol. The second-order valence-electron chi connectivity index (χ2n) is 7.30. The summed E-state index contributed by atoms with van der Waals surface area (Å²) in [4.78, 5) is 17.7. The Hall–Kier alpha value is -2.33. The number of nitrogens with one attached hydrogen (secondary N) is 2. The van der Waals surface area contributed by atoms with E-state index in [0.717, 1.165) is 24.0 Å². The van der Waals surface area contributed by atoms with E-state index in [9.17, 15) is 18.0 Å². The van der Waals surface area contributed by atoms with Crippen LogP contribution in [0.1, 0.15) is 21.6 Å². The number of amides is 1. The van der Waals surface area contributed by atoms with E-state index in [-0.39, 0.29) is 27.2 Å². The highest BCUT2D eigenvalue weighted by Gasteiger charge is 2.59. The first-order valence-electron chi connectivity index (χ1n) is 9.74. The molecule has 2 aromatic heterocycles. The number of alkyl halides is 3. The molecule has 3 heterocycles. The summed E-state index contributed by atoms with van der Waals surface area (Å²) in [5.74, 6) is 0.504. The van der Waals surface area contributed by atoms with Gasteiger partial charge in [0, 0.05) is 34.1 Å². The van der Waals surface area contributed by atoms with Crippen molar-refractivity contribution in [1.29, 1.82) is 0 Å². The van der Waals surface area contributed by atoms with Gasteiger partial charge in [0.25, 0.3) is 5.91 Å². The number of halogens is 5. The zero-order chi connectivity index (χ0) is 23.8. The topological polar surface area (TPSA) is 54.8 Å². The molecule has 1 amide bonds. The van der Waals surface area contributed by atoms with Crippen LogP contribution in [-0.4, -0.2) is 35.0 Å². The number of hydroxylamine groups is 1. The number of pyridine rings is 1. The van der Waals surface area contributed by atoms with Crippen molar-refractivity contribution < 1.29 is 22.8 Å². The lowest BCUT2D eigenvalue weighted by Crippen LogP contribution is -2.42. The minimum absolute atomic E-state index is 0.0520. The average Bonchev–Trinajstić information content (AvgIpc) is 3.40. The first-order valence-corrected chi connectivity index (χ1v) is 11.9. The molecule has 0 spiro atoms. The Balaban J connectivity index is 1.78. The maximum atomic E-state index is 14.3. The molecule has 1 aliphatic heterocycles. The normalized spacial score (nSPS) is 18.3. The zero-order valence-electron chi connectivity index (χ0n) is 17.2. The van der Waals surface area contributed by atoms with Crippen molar-refractivity contribution in [1.82, 2.24) is 15.2 Å². The lowest BCUT2D eigenvalue weighted by atomic mass is 9.92. The van der Waals surface area contributed by atoms with Crippen molar-refractivity contribution in [2.45, 2.75) is 11.8 Å². The van der Waals surface area contributed by atoms with Crippen molar-refractivity contribution in [3.8, 4) is 0 Å². The molecule has 4 rings (SSSR count). The number of benzene rings is 1. The van der Waals surface area contributed by atoms with E-state index in [4.69, 9.17) is 28.0 Å². The molecule has 174 valence electrons. The molecule has 2 N–H and O–H groups in total. The van der Waals surface area contributed by atoms with Crippen LogP contribution < -0.4 is 10.8 Å². The molecule has 0 saturated carbocycles. The van der Waals surface area contributed by atoms with Crippen LogP contribution in [0.5, 0.6) is 0 Å². The monoisotopic (exact) mass is 515 g/mol. The molecule has 1 atom stereocenters. The minimum atomic E-state index is -4.82. The van der Waals surface area contributed by atoms with E-state index in [2.05, 4.69) is 10.8 Å². The van der Waals surface area contributed by atoms with Gasteiger partial charge in [0.15, 0.2) is 0 Å². The van der Waals surface area contributed by atoms with Crippen molar-refractivity contribution in [3.63, 3.8) is 0 Å². The first-order chi connectivity index (χ1) is 15.7. The Morgan fingerprint density at radius 1 is 1.21 bits per heavy atom. The summed E-state index contributed by atoms with van der Waals surface area (Å²) in [7, 11) is 0. The highest BCUT2D eigenvalue weighted by Crippen LogP contribution is 2.48. The summed E-state index contributed by atoms with van der Waals surface area (Å²) in [6, 6.07) is 10.2. The molecule has 0 aliphatic carbocycles. The van der Waals surface area contributed by atoms with Crippen molar-refractivity contribution in [2.24, 2.45) is 0 Å². The number of aromatic nitrogens is 1. The third-order valence-electron chi connectivity index (χ3n) is 5.19. The largest absolute Gasteiger partial charge is 0.428 e. The Bertz CT molecular complexity index is 1230. The fourth-order valence-electron chi connectivity index (χ4n) is 3.65. The average molecular weight is 516 g/mol. The van der Waals surface area contributed by atoms with Crippen LogP contribution in [0.4, 0.5) is 13.2 Å². The molecular formula is C22H18Cl2F3N3O2S. The standard InChI is InChI=1S/C22H18Cl2F3N3O2S/c1-33-8-6-28-20(31)16-4-5-19(30-7-2-3-18(16)30)17-12-21(32-29-17,22(25,26)27)13-9-14(23)11-15(24)10-13/h2-5,7,9-12,29H,6,8H2,1H3,(H,28,31). The van der Waals surface area contributed by atoms with Gasteiger partial charge in [-0.3, -0.25) is 15.1 Å². The molecule has 5 nitrogen and oxygen atoms in total. The molecule has 1 aromatic carbocycles. The number of hydrogen-bond acceptors (Lipinski definition) is 4. The fraction of sp³-hybridized carbons (Fsp3) is 0.227. The number of carbonyl (C=O) groups excluding carboxylic acids is 1. The third kappa shape index (κ3) is 4.42. The number of hydrogen-bond donors (Lipinski definition) is 2. The first kappa shape index (κ1) is 23.8. The van der Waals surface area contributed by atoms with Gasteiger partial charge in [-0.1, -0.05) is 23.2 Å². The second-order valence-corrected chi connectivity index (χ2v) is 9.16. The number of carbonyl (C=O) groups is 1. The summed E-state index contributed by atoms with van der Waals surface area (Å²) in [6.45, 7) is 0.505. The smallest absolute Gasteiger partial charge is 0.351 e. The lowest BCUT2D eigenvalue weighted by molar-refractivity contribution is -0.269. The minimum Gasteiger partial charge on any atom is -0.351 e. The van der Waals surface area contributed by atoms with Crippen LogP contribution in [0.15, 0.2) is 54.7 Å². The Morgan fingerprint density at radius 3 is 2.61 bits per heavy atom. The van der Waals surface area contributed by atoms with Crippen LogP contribution >= 0.6 is 35.0 Å². The van der Waals surface area contributed by atoms with E-state index in [1.165, 1.54) is 6.07 Å². The van der Waals surface area contributed by atoms with E-state index in [1.54, 1.807) is 46.6 Å². The fourth-order valence-corrected chi connectivity index (χ4v) is 4.48. The summed E-state index contributed by atoms with van der Waals surface area (Å²) in [5, 5.41) is 2.94. The molecule has 0 bridgehead atoms. The molecule has 1 unspecified atom stereocenters. The molecule has 0 fully saturated rings. The van der Waals surface area contributed by atoms with Gasteiger partial charge in [-0.25, -0.2) is 0 Å². The van der Waals surface area contributed by atoms with Crippen molar-refractivity contribution in [2.75, 3.05) is 18.6 Å². The Labute approximate surface area is 201 Å². The van der Waals surface area contributed by atoms with Gasteiger partial charge >= 0.3 is 6.18 Å². The predicted octanol–water partition coefficient (Wildman–Crippen LogP) is 5.67. The van der Waals surface area contributed by atoms with Gasteiger partial charge in [0.1, 0.15) is 0 Å². The van der Waals surface area contributed by atoms with Gasteiger partial charge in [0.05, 0.1) is 22.5 Å². The molecular weight excluding hydrogens is 498 g/mol. The maximum Gasteiger partial charge on any atom is 0.428 e. The van der Waals surface area contributed by atoms with Gasteiger partial charge in [-0.2, -0.15) is 24.9 Å². The number of rotatable bonds is 6. The van der Waals surface area contributed by atoms with E-state index in [0.29, 0.717) is 23.3 Å². The molecule has 33 heavy (non-hydrogen) atoms. The molecule has 1 aliphatic rings. The van der Waals surface area contributed by atoms with Gasteiger partial charge < -0.3 is 9.72 Å². The summed E-state index contributed by atoms with van der Waals surface area (Å²) in [5.41, 5.74) is 0.774. The van der Waals surface area contributed by atoms with Crippen LogP contribution in [0.3, 0.4) is 0 Å². The van der Waals surface area contributed by atoms with E-state index in [1.807, 2.05) is 6.26 Å². The molecule has 0 radical (unpaired) electrons. The van der Waals surface area contributed by atoms with E-state index < -0.39 is 11.8 Å². The van der Waals surface area contributed by atoms with Crippen LogP contribution in [0.25, 0.3) is 11.2 Å². The lowest BCUT2D eigenvalue weighted by Gasteiger charge is -2.28. The molecule has 11 heteroatoms. The zero-order valence-corrected chi connectivity index (χ0v) is 19.5. The summed E-state index contributed by atoms with van der Waals surface area (Å²) >= 11 is 13.5. The van der Waals surface area contributed by atoms with Crippen molar-refractivity contribution in [3.05, 3.63) is 81.6 Å². The quantitative estimate of drug-likeness (QED) is 0.415. The van der Waals surface area contributed by atoms with Gasteiger partial charge in [-0.05, 0) is 54.8 Å². The number of nitrogens with zero attached hydrogens (tertiary/aromatic N) is 1. The van der Waals surface area contributed by atoms with E-state index >= 15 is 0 Å². The third-order valence-corrected chi connectivity index (χ3v) is 6.24. The highest BCUT2D eigenvalue weighted by molar-refractivity contribution is 7.98. The summed E-state index contributed by atoms with van der Waals surface area (Å²) < 4.78 is 44.4. The SMILES string of the molecule is CSCCNC(=O)c1ccc(C2=CC(c3cc(Cl)cc(Cl)c3)(C(F)(F)F)ON2)n2cccc12. The number of fused-ring (bicyclic) bond motifs is 1. The second kappa shape index (κ2) is 9.13.